The average Bonchev–Trinajstić information content (AvgIpc) is 2.72. The van der Waals surface area contributed by atoms with Crippen LogP contribution in [-0.2, 0) is 19.9 Å². The van der Waals surface area contributed by atoms with Crippen molar-refractivity contribution in [3.05, 3.63) is 23.7 Å². The lowest BCUT2D eigenvalue weighted by atomic mass is 10.1. The first-order valence-corrected chi connectivity index (χ1v) is 4.90. The number of rotatable bonds is 0. The lowest BCUT2D eigenvalue weighted by Crippen LogP contribution is -1.98. The Morgan fingerprint density at radius 1 is 1.36 bits per heavy atom. The van der Waals surface area contributed by atoms with Crippen LogP contribution in [0.5, 0.6) is 0 Å². The highest BCUT2D eigenvalue weighted by Crippen LogP contribution is 2.29. The van der Waals surface area contributed by atoms with E-state index in [1.807, 2.05) is 24.1 Å². The van der Waals surface area contributed by atoms with Crippen LogP contribution in [0.1, 0.15) is 17.7 Å². The van der Waals surface area contributed by atoms with Crippen molar-refractivity contribution in [1.82, 2.24) is 20.0 Å². The van der Waals surface area contributed by atoms with Gasteiger partial charge in [0.15, 0.2) is 0 Å². The molecule has 72 valence electrons. The summed E-state index contributed by atoms with van der Waals surface area (Å²) in [5, 5.41) is 11.4. The fourth-order valence-electron chi connectivity index (χ4n) is 2.15. The molecule has 0 saturated heterocycles. The number of hydrogen-bond donors (Lipinski definition) is 1. The summed E-state index contributed by atoms with van der Waals surface area (Å²) in [4.78, 5) is 0. The van der Waals surface area contributed by atoms with E-state index in [0.717, 1.165) is 18.5 Å². The van der Waals surface area contributed by atoms with E-state index in [-0.39, 0.29) is 0 Å². The topological polar surface area (TPSA) is 46.5 Å². The Kier molecular flexibility index (Phi) is 1.50. The van der Waals surface area contributed by atoms with Crippen molar-refractivity contribution in [1.29, 1.82) is 0 Å². The van der Waals surface area contributed by atoms with Crippen molar-refractivity contribution in [2.24, 2.45) is 7.05 Å². The fraction of sp³-hybridized carbons (Fsp3) is 0.400. The molecule has 3 rings (SSSR count). The molecule has 0 radical (unpaired) electrons. The number of fused-ring (bicyclic) bond motifs is 3. The summed E-state index contributed by atoms with van der Waals surface area (Å²) in [6.45, 7) is 0. The van der Waals surface area contributed by atoms with Gasteiger partial charge in [0.25, 0.3) is 0 Å². The van der Waals surface area contributed by atoms with Gasteiger partial charge < -0.3 is 0 Å². The normalized spacial score (nSPS) is 14.6. The maximum Gasteiger partial charge on any atom is 0.0716 e. The first-order chi connectivity index (χ1) is 6.86. The van der Waals surface area contributed by atoms with Gasteiger partial charge in [0.1, 0.15) is 0 Å². The van der Waals surface area contributed by atoms with Gasteiger partial charge in [0, 0.05) is 18.3 Å². The molecule has 0 spiro atoms. The van der Waals surface area contributed by atoms with Crippen molar-refractivity contribution >= 4 is 0 Å². The first kappa shape index (κ1) is 7.79. The van der Waals surface area contributed by atoms with E-state index in [9.17, 15) is 0 Å². The summed E-state index contributed by atoms with van der Waals surface area (Å²) in [6.07, 6.45) is 7.25. The second-order valence-corrected chi connectivity index (χ2v) is 3.75. The van der Waals surface area contributed by atoms with Crippen molar-refractivity contribution < 1.29 is 0 Å². The van der Waals surface area contributed by atoms with E-state index in [1.165, 1.54) is 23.2 Å². The molecular formula is C10H12N4. The Balaban J connectivity index is 2.27. The molecule has 0 aliphatic heterocycles. The third-order valence-electron chi connectivity index (χ3n) is 2.91. The van der Waals surface area contributed by atoms with E-state index in [4.69, 9.17) is 0 Å². The second-order valence-electron chi connectivity index (χ2n) is 3.75. The molecule has 1 aliphatic rings. The van der Waals surface area contributed by atoms with Crippen LogP contribution < -0.4 is 0 Å². The van der Waals surface area contributed by atoms with Crippen LogP contribution >= 0.6 is 0 Å². The van der Waals surface area contributed by atoms with Gasteiger partial charge in [-0.1, -0.05) is 0 Å². The minimum Gasteiger partial charge on any atom is -0.277 e. The minimum atomic E-state index is 1.11. The van der Waals surface area contributed by atoms with Crippen molar-refractivity contribution in [2.45, 2.75) is 19.3 Å². The maximum absolute atomic E-state index is 4.29. The highest BCUT2D eigenvalue weighted by atomic mass is 15.3. The van der Waals surface area contributed by atoms with Gasteiger partial charge in [-0.15, -0.1) is 0 Å². The summed E-state index contributed by atoms with van der Waals surface area (Å²) in [7, 11) is 2.00. The Labute approximate surface area is 81.9 Å². The largest absolute Gasteiger partial charge is 0.277 e. The molecule has 0 bridgehead atoms. The Bertz CT molecular complexity index is 466. The zero-order valence-electron chi connectivity index (χ0n) is 8.12. The van der Waals surface area contributed by atoms with E-state index >= 15 is 0 Å². The number of H-pyrrole nitrogens is 1. The molecule has 0 amide bonds. The molecule has 14 heavy (non-hydrogen) atoms. The van der Waals surface area contributed by atoms with Crippen LogP contribution in [0.3, 0.4) is 0 Å². The minimum absolute atomic E-state index is 1.11. The van der Waals surface area contributed by atoms with Gasteiger partial charge in [-0.3, -0.25) is 9.78 Å². The van der Waals surface area contributed by atoms with Gasteiger partial charge in [0.05, 0.1) is 18.1 Å². The monoisotopic (exact) mass is 188 g/mol. The number of aryl methyl sites for hydroxylation is 2. The predicted octanol–water partition coefficient (Wildman–Crippen LogP) is 1.30. The number of nitrogens with one attached hydrogen (secondary N) is 1. The second kappa shape index (κ2) is 2.70. The lowest BCUT2D eigenvalue weighted by Gasteiger charge is -2.00. The Morgan fingerprint density at radius 2 is 2.29 bits per heavy atom. The summed E-state index contributed by atoms with van der Waals surface area (Å²) in [5.41, 5.74) is 5.01. The predicted molar refractivity (Wildman–Crippen MR) is 52.8 cm³/mol. The van der Waals surface area contributed by atoms with E-state index in [0.29, 0.717) is 0 Å². The average molecular weight is 188 g/mol. The quantitative estimate of drug-likeness (QED) is 0.677. The summed E-state index contributed by atoms with van der Waals surface area (Å²) in [5.74, 6) is 0. The van der Waals surface area contributed by atoms with E-state index in [1.54, 1.807) is 0 Å². The SMILES string of the molecule is Cn1ncc2c1CCCc1cn[nH]c1-2. The number of aromatic amines is 1. The molecule has 0 fully saturated rings. The smallest absolute Gasteiger partial charge is 0.0716 e. The Hall–Kier alpha value is -1.58. The number of nitrogens with zero attached hydrogens (tertiary/aromatic N) is 3. The van der Waals surface area contributed by atoms with Gasteiger partial charge in [-0.05, 0) is 24.8 Å². The number of hydrogen-bond acceptors (Lipinski definition) is 2. The molecule has 1 aliphatic carbocycles. The molecule has 2 aromatic heterocycles. The van der Waals surface area contributed by atoms with Crippen LogP contribution in [0.2, 0.25) is 0 Å². The maximum atomic E-state index is 4.29. The molecule has 0 unspecified atom stereocenters. The van der Waals surface area contributed by atoms with Crippen LogP contribution in [-0.4, -0.2) is 20.0 Å². The van der Waals surface area contributed by atoms with E-state index in [2.05, 4.69) is 15.3 Å². The molecule has 1 N–H and O–H groups in total. The molecule has 0 atom stereocenters. The highest BCUT2D eigenvalue weighted by Gasteiger charge is 2.18. The van der Waals surface area contributed by atoms with Crippen LogP contribution in [0.15, 0.2) is 12.4 Å². The van der Waals surface area contributed by atoms with Crippen LogP contribution in [0, 0.1) is 0 Å². The summed E-state index contributed by atoms with van der Waals surface area (Å²) >= 11 is 0. The number of aromatic nitrogens is 4. The van der Waals surface area contributed by atoms with Gasteiger partial charge in [-0.2, -0.15) is 10.2 Å². The molecule has 2 heterocycles. The molecule has 4 heteroatoms. The highest BCUT2D eigenvalue weighted by molar-refractivity contribution is 5.65. The van der Waals surface area contributed by atoms with Crippen molar-refractivity contribution in [3.8, 4) is 11.3 Å². The zero-order valence-corrected chi connectivity index (χ0v) is 8.12. The van der Waals surface area contributed by atoms with Crippen LogP contribution in [0.25, 0.3) is 11.3 Å². The van der Waals surface area contributed by atoms with Crippen molar-refractivity contribution in [3.63, 3.8) is 0 Å². The lowest BCUT2D eigenvalue weighted by molar-refractivity contribution is 0.686. The molecule has 2 aromatic rings. The summed E-state index contributed by atoms with van der Waals surface area (Å²) < 4.78 is 1.96. The fourth-order valence-corrected chi connectivity index (χ4v) is 2.15. The Morgan fingerprint density at radius 3 is 3.21 bits per heavy atom. The van der Waals surface area contributed by atoms with Crippen LogP contribution in [0.4, 0.5) is 0 Å². The summed E-state index contributed by atoms with van der Waals surface area (Å²) in [6, 6.07) is 0. The third kappa shape index (κ3) is 0.937. The zero-order chi connectivity index (χ0) is 9.54. The molecule has 0 saturated carbocycles. The van der Waals surface area contributed by atoms with Crippen molar-refractivity contribution in [2.75, 3.05) is 0 Å². The first-order valence-electron chi connectivity index (χ1n) is 4.90. The molecular weight excluding hydrogens is 176 g/mol. The van der Waals surface area contributed by atoms with Gasteiger partial charge in [0.2, 0.25) is 0 Å². The molecule has 4 nitrogen and oxygen atoms in total. The molecule has 0 aromatic carbocycles. The third-order valence-corrected chi connectivity index (χ3v) is 2.91. The van der Waals surface area contributed by atoms with Gasteiger partial charge >= 0.3 is 0 Å². The van der Waals surface area contributed by atoms with Gasteiger partial charge in [-0.25, -0.2) is 0 Å². The van der Waals surface area contributed by atoms with E-state index < -0.39 is 0 Å². The standard InChI is InChI=1S/C10H12N4/c1-14-9-4-2-3-7-5-11-13-10(7)8(9)6-12-14/h5-6H,2-4H2,1H3,(H,11,13).